The Hall–Kier alpha value is -1.71. The maximum absolute atomic E-state index is 12.1. The molecule has 0 radical (unpaired) electrons. The van der Waals surface area contributed by atoms with Crippen molar-refractivity contribution in [3.8, 4) is 11.5 Å². The van der Waals surface area contributed by atoms with E-state index in [9.17, 15) is 4.79 Å². The van der Waals surface area contributed by atoms with Crippen LogP contribution in [0.3, 0.4) is 0 Å². The largest absolute Gasteiger partial charge is 0.454 e. The molecule has 0 spiro atoms. The highest BCUT2D eigenvalue weighted by molar-refractivity contribution is 5.90. The van der Waals surface area contributed by atoms with Crippen LogP contribution in [0.4, 0.5) is 5.69 Å². The Bertz CT molecular complexity index is 540. The highest BCUT2D eigenvalue weighted by Gasteiger charge is 2.39. The van der Waals surface area contributed by atoms with E-state index in [-0.39, 0.29) is 12.7 Å². The van der Waals surface area contributed by atoms with Crippen molar-refractivity contribution in [2.24, 2.45) is 0 Å². The Balaban J connectivity index is 1.90. The van der Waals surface area contributed by atoms with Gasteiger partial charge in [0.2, 0.25) is 6.79 Å². The molecule has 4 nitrogen and oxygen atoms in total. The van der Waals surface area contributed by atoms with E-state index in [2.05, 4.69) is 11.9 Å². The average molecular weight is 245 g/mol. The summed E-state index contributed by atoms with van der Waals surface area (Å²) >= 11 is 0. The Morgan fingerprint density at radius 2 is 2.06 bits per heavy atom. The highest BCUT2D eigenvalue weighted by atomic mass is 16.7. The smallest absolute Gasteiger partial charge is 0.231 e. The number of fused-ring (bicyclic) bond motifs is 5. The molecule has 1 aromatic rings. The van der Waals surface area contributed by atoms with E-state index < -0.39 is 0 Å². The number of carbonyl (C=O) groups excluding carboxylic acids is 1. The molecule has 4 heteroatoms. The normalized spacial score (nSPS) is 28.3. The van der Waals surface area contributed by atoms with Crippen molar-refractivity contribution < 1.29 is 14.3 Å². The molecule has 1 saturated carbocycles. The van der Waals surface area contributed by atoms with Gasteiger partial charge in [0.25, 0.3) is 0 Å². The average Bonchev–Trinajstić information content (AvgIpc) is 2.83. The van der Waals surface area contributed by atoms with E-state index in [0.717, 1.165) is 35.6 Å². The van der Waals surface area contributed by atoms with Crippen LogP contribution in [0.15, 0.2) is 12.1 Å². The maximum atomic E-state index is 12.1. The first-order valence-electron chi connectivity index (χ1n) is 6.43. The molecule has 0 saturated heterocycles. The van der Waals surface area contributed by atoms with Gasteiger partial charge in [-0.15, -0.1) is 0 Å². The van der Waals surface area contributed by atoms with Gasteiger partial charge in [0, 0.05) is 37.2 Å². The van der Waals surface area contributed by atoms with Crippen LogP contribution in [0.5, 0.6) is 11.5 Å². The summed E-state index contributed by atoms with van der Waals surface area (Å²) in [4.78, 5) is 14.4. The zero-order valence-electron chi connectivity index (χ0n) is 10.3. The molecule has 2 bridgehead atoms. The van der Waals surface area contributed by atoms with Gasteiger partial charge in [0.1, 0.15) is 5.78 Å². The molecule has 1 fully saturated rings. The number of anilines is 1. The van der Waals surface area contributed by atoms with E-state index in [1.807, 2.05) is 12.1 Å². The standard InChI is InChI=1S/C14H15NO3/c1-15-8-2-3-12(16)10(4-8)9-5-13-14(6-11(9)15)18-7-17-13/h5-6,8,10H,2-4,7H2,1H3/t8-,10+/m1/s1. The lowest BCUT2D eigenvalue weighted by atomic mass is 9.76. The molecular weight excluding hydrogens is 230 g/mol. The first-order valence-corrected chi connectivity index (χ1v) is 6.43. The summed E-state index contributed by atoms with van der Waals surface area (Å²) in [6.45, 7) is 0.282. The Morgan fingerprint density at radius 1 is 1.28 bits per heavy atom. The third-order valence-electron chi connectivity index (χ3n) is 4.45. The first kappa shape index (κ1) is 10.2. The lowest BCUT2D eigenvalue weighted by molar-refractivity contribution is -0.122. The van der Waals surface area contributed by atoms with Crippen molar-refractivity contribution in [2.45, 2.75) is 31.2 Å². The number of hydrogen-bond acceptors (Lipinski definition) is 4. The monoisotopic (exact) mass is 245 g/mol. The van der Waals surface area contributed by atoms with Crippen LogP contribution in [0.25, 0.3) is 0 Å². The number of benzene rings is 1. The Morgan fingerprint density at radius 3 is 2.89 bits per heavy atom. The minimum atomic E-state index is 0.0597. The van der Waals surface area contributed by atoms with Crippen LogP contribution in [-0.2, 0) is 4.79 Å². The molecule has 0 unspecified atom stereocenters. The van der Waals surface area contributed by atoms with Gasteiger partial charge in [-0.3, -0.25) is 4.79 Å². The molecule has 0 N–H and O–H groups in total. The molecule has 18 heavy (non-hydrogen) atoms. The van der Waals surface area contributed by atoms with Gasteiger partial charge >= 0.3 is 0 Å². The van der Waals surface area contributed by atoms with Gasteiger partial charge in [-0.05, 0) is 24.5 Å². The van der Waals surface area contributed by atoms with Gasteiger partial charge in [0.15, 0.2) is 11.5 Å². The van der Waals surface area contributed by atoms with Gasteiger partial charge in [-0.2, -0.15) is 0 Å². The van der Waals surface area contributed by atoms with Gasteiger partial charge in [0.05, 0.1) is 0 Å². The van der Waals surface area contributed by atoms with Crippen LogP contribution >= 0.6 is 0 Å². The first-order chi connectivity index (χ1) is 8.74. The predicted molar refractivity (Wildman–Crippen MR) is 66.4 cm³/mol. The summed E-state index contributed by atoms with van der Waals surface area (Å²) in [5.74, 6) is 2.01. The third-order valence-corrected chi connectivity index (χ3v) is 4.45. The molecule has 3 aliphatic rings. The molecule has 1 aromatic carbocycles. The second kappa shape index (κ2) is 3.40. The second-order valence-electron chi connectivity index (χ2n) is 5.32. The lowest BCUT2D eigenvalue weighted by Crippen LogP contribution is -2.43. The minimum absolute atomic E-state index is 0.0597. The Kier molecular flexibility index (Phi) is 1.93. The van der Waals surface area contributed by atoms with Gasteiger partial charge < -0.3 is 14.4 Å². The fourth-order valence-corrected chi connectivity index (χ4v) is 3.38. The summed E-state index contributed by atoms with van der Waals surface area (Å²) in [6, 6.07) is 4.51. The quantitative estimate of drug-likeness (QED) is 0.701. The van der Waals surface area contributed by atoms with E-state index >= 15 is 0 Å². The zero-order valence-corrected chi connectivity index (χ0v) is 10.3. The van der Waals surface area contributed by atoms with Crippen LogP contribution in [0.2, 0.25) is 0 Å². The molecule has 0 aromatic heterocycles. The van der Waals surface area contributed by atoms with Crippen LogP contribution in [0.1, 0.15) is 30.7 Å². The molecule has 94 valence electrons. The fourth-order valence-electron chi connectivity index (χ4n) is 3.38. The number of carbonyl (C=O) groups is 1. The van der Waals surface area contributed by atoms with E-state index in [4.69, 9.17) is 9.47 Å². The number of ketones is 1. The number of Topliss-reactive ketones (excluding diaryl/α,β-unsaturated/α-hetero) is 1. The molecule has 2 heterocycles. The lowest BCUT2D eigenvalue weighted by Gasteiger charge is -2.42. The van der Waals surface area contributed by atoms with Crippen molar-refractivity contribution in [2.75, 3.05) is 18.7 Å². The predicted octanol–water partition coefficient (Wildman–Crippen LogP) is 2.07. The van der Waals surface area contributed by atoms with E-state index in [0.29, 0.717) is 18.2 Å². The Labute approximate surface area is 105 Å². The molecular formula is C14H15NO3. The molecule has 4 rings (SSSR count). The highest BCUT2D eigenvalue weighted by Crippen LogP contribution is 2.48. The van der Waals surface area contributed by atoms with E-state index in [1.54, 1.807) is 0 Å². The summed E-state index contributed by atoms with van der Waals surface area (Å²) in [5, 5.41) is 0. The summed E-state index contributed by atoms with van der Waals surface area (Å²) < 4.78 is 10.8. The molecule has 2 atom stereocenters. The fraction of sp³-hybridized carbons (Fsp3) is 0.500. The molecule has 0 amide bonds. The minimum Gasteiger partial charge on any atom is -0.454 e. The van der Waals surface area contributed by atoms with Crippen LogP contribution in [-0.4, -0.2) is 25.7 Å². The maximum Gasteiger partial charge on any atom is 0.231 e. The van der Waals surface area contributed by atoms with Crippen LogP contribution < -0.4 is 14.4 Å². The number of nitrogens with zero attached hydrogens (tertiary/aromatic N) is 1. The van der Waals surface area contributed by atoms with Crippen molar-refractivity contribution in [1.82, 2.24) is 0 Å². The van der Waals surface area contributed by atoms with Crippen LogP contribution in [0, 0.1) is 0 Å². The SMILES string of the molecule is CN1c2cc3c(cc2[C@@H]2C[C@H]1CCC2=O)OCO3. The molecule has 2 aliphatic heterocycles. The second-order valence-corrected chi connectivity index (χ2v) is 5.32. The summed E-state index contributed by atoms with van der Waals surface area (Å²) in [7, 11) is 2.11. The van der Waals surface area contributed by atoms with Crippen molar-refractivity contribution in [3.63, 3.8) is 0 Å². The van der Waals surface area contributed by atoms with Crippen molar-refractivity contribution in [1.29, 1.82) is 0 Å². The molecule has 1 aliphatic carbocycles. The zero-order chi connectivity index (χ0) is 12.3. The number of ether oxygens (including phenoxy) is 2. The van der Waals surface area contributed by atoms with Crippen molar-refractivity contribution >= 4 is 11.5 Å². The number of hydrogen-bond donors (Lipinski definition) is 0. The van der Waals surface area contributed by atoms with Crippen molar-refractivity contribution in [3.05, 3.63) is 17.7 Å². The topological polar surface area (TPSA) is 38.8 Å². The third kappa shape index (κ3) is 1.23. The summed E-state index contributed by atoms with van der Waals surface area (Å²) in [6.07, 6.45) is 2.62. The van der Waals surface area contributed by atoms with Gasteiger partial charge in [-0.25, -0.2) is 0 Å². The van der Waals surface area contributed by atoms with E-state index in [1.165, 1.54) is 0 Å². The summed E-state index contributed by atoms with van der Waals surface area (Å²) in [5.41, 5.74) is 2.25. The van der Waals surface area contributed by atoms with Gasteiger partial charge in [-0.1, -0.05) is 0 Å². The number of rotatable bonds is 0.